The SMILES string of the molecule is CCN(CCO)C(=O)C1CCCN(S(=O)(=O)c2ccc(Br)cc2)C1. The van der Waals surface area contributed by atoms with E-state index in [1.165, 1.54) is 4.31 Å². The summed E-state index contributed by atoms with van der Waals surface area (Å²) in [6.07, 6.45) is 1.33. The summed E-state index contributed by atoms with van der Waals surface area (Å²) >= 11 is 3.30. The van der Waals surface area contributed by atoms with Gasteiger partial charge in [0.1, 0.15) is 0 Å². The summed E-state index contributed by atoms with van der Waals surface area (Å²) in [5.74, 6) is -0.433. The Balaban J connectivity index is 2.15. The molecule has 24 heavy (non-hydrogen) atoms. The number of hydrogen-bond acceptors (Lipinski definition) is 4. The average molecular weight is 419 g/mol. The highest BCUT2D eigenvalue weighted by Gasteiger charge is 2.34. The van der Waals surface area contributed by atoms with Crippen molar-refractivity contribution >= 4 is 31.9 Å². The largest absolute Gasteiger partial charge is 0.395 e. The maximum Gasteiger partial charge on any atom is 0.243 e. The molecule has 1 aliphatic rings. The van der Waals surface area contributed by atoms with E-state index >= 15 is 0 Å². The Labute approximate surface area is 151 Å². The van der Waals surface area contributed by atoms with Crippen LogP contribution in [0.15, 0.2) is 33.6 Å². The topological polar surface area (TPSA) is 77.9 Å². The summed E-state index contributed by atoms with van der Waals surface area (Å²) in [4.78, 5) is 14.4. The van der Waals surface area contributed by atoms with Gasteiger partial charge >= 0.3 is 0 Å². The van der Waals surface area contributed by atoms with Gasteiger partial charge in [-0.2, -0.15) is 4.31 Å². The van der Waals surface area contributed by atoms with Gasteiger partial charge in [0.05, 0.1) is 17.4 Å². The zero-order chi connectivity index (χ0) is 17.7. The molecule has 1 fully saturated rings. The summed E-state index contributed by atoms with van der Waals surface area (Å²) in [5.41, 5.74) is 0. The van der Waals surface area contributed by atoms with Gasteiger partial charge in [0, 0.05) is 30.7 Å². The minimum atomic E-state index is -3.60. The Morgan fingerprint density at radius 3 is 2.62 bits per heavy atom. The van der Waals surface area contributed by atoms with Crippen molar-refractivity contribution in [3.05, 3.63) is 28.7 Å². The summed E-state index contributed by atoms with van der Waals surface area (Å²) < 4.78 is 27.8. The number of benzene rings is 1. The lowest BCUT2D eigenvalue weighted by Gasteiger charge is -2.34. The van der Waals surface area contributed by atoms with E-state index in [9.17, 15) is 13.2 Å². The van der Waals surface area contributed by atoms with E-state index in [2.05, 4.69) is 15.9 Å². The highest BCUT2D eigenvalue weighted by Crippen LogP contribution is 2.25. The van der Waals surface area contributed by atoms with Crippen molar-refractivity contribution in [2.75, 3.05) is 32.8 Å². The zero-order valence-electron chi connectivity index (χ0n) is 13.7. The lowest BCUT2D eigenvalue weighted by molar-refractivity contribution is -0.137. The van der Waals surface area contributed by atoms with Crippen LogP contribution in [-0.2, 0) is 14.8 Å². The van der Waals surface area contributed by atoms with E-state index in [1.54, 1.807) is 29.2 Å². The minimum Gasteiger partial charge on any atom is -0.395 e. The molecule has 1 N–H and O–H groups in total. The molecular formula is C16H23BrN2O4S. The van der Waals surface area contributed by atoms with Gasteiger partial charge in [-0.15, -0.1) is 0 Å². The first-order valence-electron chi connectivity index (χ1n) is 8.05. The van der Waals surface area contributed by atoms with Crippen molar-refractivity contribution in [1.29, 1.82) is 0 Å². The molecule has 0 bridgehead atoms. The van der Waals surface area contributed by atoms with Gasteiger partial charge < -0.3 is 10.0 Å². The second-order valence-electron chi connectivity index (χ2n) is 5.80. The zero-order valence-corrected chi connectivity index (χ0v) is 16.1. The fourth-order valence-electron chi connectivity index (χ4n) is 2.92. The van der Waals surface area contributed by atoms with Crippen LogP contribution in [0.3, 0.4) is 0 Å². The first kappa shape index (κ1) is 19.4. The number of sulfonamides is 1. The van der Waals surface area contributed by atoms with Crippen molar-refractivity contribution in [3.8, 4) is 0 Å². The minimum absolute atomic E-state index is 0.0812. The molecule has 1 atom stereocenters. The Kier molecular flexibility index (Phi) is 6.79. The smallest absolute Gasteiger partial charge is 0.243 e. The number of amides is 1. The number of halogens is 1. The third-order valence-electron chi connectivity index (χ3n) is 4.25. The van der Waals surface area contributed by atoms with E-state index in [-0.39, 0.29) is 36.4 Å². The van der Waals surface area contributed by atoms with E-state index in [0.717, 1.165) is 4.47 Å². The molecule has 134 valence electrons. The molecule has 0 spiro atoms. The Morgan fingerprint density at radius 1 is 1.38 bits per heavy atom. The van der Waals surface area contributed by atoms with Crippen molar-refractivity contribution in [3.63, 3.8) is 0 Å². The van der Waals surface area contributed by atoms with Crippen LogP contribution in [0.25, 0.3) is 0 Å². The van der Waals surface area contributed by atoms with Gasteiger partial charge in [-0.05, 0) is 44.0 Å². The number of aliphatic hydroxyl groups is 1. The van der Waals surface area contributed by atoms with Gasteiger partial charge in [-0.1, -0.05) is 15.9 Å². The van der Waals surface area contributed by atoms with Crippen LogP contribution in [0.2, 0.25) is 0 Å². The number of carbonyl (C=O) groups excluding carboxylic acids is 1. The number of likely N-dealkylation sites (N-methyl/N-ethyl adjacent to an activating group) is 1. The highest BCUT2D eigenvalue weighted by atomic mass is 79.9. The summed E-state index contributed by atoms with van der Waals surface area (Å²) in [5, 5.41) is 9.06. The number of piperidine rings is 1. The van der Waals surface area contributed by atoms with Crippen LogP contribution < -0.4 is 0 Å². The summed E-state index contributed by atoms with van der Waals surface area (Å²) in [7, 11) is -3.60. The third-order valence-corrected chi connectivity index (χ3v) is 6.66. The molecular weight excluding hydrogens is 396 g/mol. The van der Waals surface area contributed by atoms with E-state index in [1.807, 2.05) is 6.92 Å². The molecule has 1 unspecified atom stereocenters. The number of rotatable bonds is 6. The van der Waals surface area contributed by atoms with Gasteiger partial charge in [0.25, 0.3) is 0 Å². The molecule has 0 aliphatic carbocycles. The predicted octanol–water partition coefficient (Wildman–Crippen LogP) is 1.69. The summed E-state index contributed by atoms with van der Waals surface area (Å²) in [6, 6.07) is 6.52. The van der Waals surface area contributed by atoms with Crippen molar-refractivity contribution < 1.29 is 18.3 Å². The van der Waals surface area contributed by atoms with Crippen molar-refractivity contribution in [1.82, 2.24) is 9.21 Å². The predicted molar refractivity (Wildman–Crippen MR) is 95.0 cm³/mol. The van der Waals surface area contributed by atoms with Crippen LogP contribution in [0.5, 0.6) is 0 Å². The van der Waals surface area contributed by atoms with Gasteiger partial charge in [0.2, 0.25) is 15.9 Å². The van der Waals surface area contributed by atoms with E-state index in [0.29, 0.717) is 25.9 Å². The molecule has 2 rings (SSSR count). The fraction of sp³-hybridized carbons (Fsp3) is 0.562. The van der Waals surface area contributed by atoms with Crippen molar-refractivity contribution in [2.24, 2.45) is 5.92 Å². The van der Waals surface area contributed by atoms with Crippen LogP contribution in [0.1, 0.15) is 19.8 Å². The third kappa shape index (κ3) is 4.36. The second-order valence-corrected chi connectivity index (χ2v) is 8.65. The van der Waals surface area contributed by atoms with E-state index in [4.69, 9.17) is 5.11 Å². The monoisotopic (exact) mass is 418 g/mol. The van der Waals surface area contributed by atoms with Gasteiger partial charge in [-0.3, -0.25) is 4.79 Å². The molecule has 0 radical (unpaired) electrons. The van der Waals surface area contributed by atoms with E-state index < -0.39 is 10.0 Å². The molecule has 1 aromatic carbocycles. The lowest BCUT2D eigenvalue weighted by atomic mass is 9.98. The average Bonchev–Trinajstić information content (AvgIpc) is 2.59. The standard InChI is InChI=1S/C16H23BrN2O4S/c1-2-18(10-11-20)16(21)13-4-3-9-19(12-13)24(22,23)15-7-5-14(17)6-8-15/h5-8,13,20H,2-4,9-12H2,1H3. The first-order chi connectivity index (χ1) is 11.4. The fourth-order valence-corrected chi connectivity index (χ4v) is 4.71. The number of nitrogens with zero attached hydrogens (tertiary/aromatic N) is 2. The lowest BCUT2D eigenvalue weighted by Crippen LogP contribution is -2.47. The number of carbonyl (C=O) groups is 1. The Morgan fingerprint density at radius 2 is 2.04 bits per heavy atom. The molecule has 6 nitrogen and oxygen atoms in total. The number of hydrogen-bond donors (Lipinski definition) is 1. The normalized spacial score (nSPS) is 19.2. The maximum atomic E-state index is 12.8. The van der Waals surface area contributed by atoms with Gasteiger partial charge in [-0.25, -0.2) is 8.42 Å². The molecule has 1 aromatic rings. The Bertz CT molecular complexity index is 663. The molecule has 1 amide bonds. The van der Waals surface area contributed by atoms with Crippen molar-refractivity contribution in [2.45, 2.75) is 24.7 Å². The number of aliphatic hydroxyl groups excluding tert-OH is 1. The maximum absolute atomic E-state index is 12.8. The van der Waals surface area contributed by atoms with Crippen LogP contribution in [-0.4, -0.2) is 61.4 Å². The molecule has 1 saturated heterocycles. The molecule has 0 aromatic heterocycles. The molecule has 8 heteroatoms. The Hall–Kier alpha value is -0.960. The molecule has 0 saturated carbocycles. The van der Waals surface area contributed by atoms with Crippen LogP contribution in [0, 0.1) is 5.92 Å². The summed E-state index contributed by atoms with van der Waals surface area (Å²) in [6.45, 7) is 3.17. The van der Waals surface area contributed by atoms with Gasteiger partial charge in [0.15, 0.2) is 0 Å². The molecule has 1 aliphatic heterocycles. The van der Waals surface area contributed by atoms with Crippen LogP contribution in [0.4, 0.5) is 0 Å². The van der Waals surface area contributed by atoms with Crippen LogP contribution >= 0.6 is 15.9 Å². The second kappa shape index (κ2) is 8.42. The molecule has 1 heterocycles. The quantitative estimate of drug-likeness (QED) is 0.762. The highest BCUT2D eigenvalue weighted by molar-refractivity contribution is 9.10. The first-order valence-corrected chi connectivity index (χ1v) is 10.3.